The van der Waals surface area contributed by atoms with Crippen molar-refractivity contribution in [2.24, 2.45) is 29.4 Å². The summed E-state index contributed by atoms with van der Waals surface area (Å²) in [4.78, 5) is 30.7. The second kappa shape index (κ2) is 13.1. The lowest BCUT2D eigenvalue weighted by molar-refractivity contribution is -0.965. The van der Waals surface area contributed by atoms with Crippen LogP contribution in [-0.4, -0.2) is 100 Å². The monoisotopic (exact) mass is 578 g/mol. The van der Waals surface area contributed by atoms with Gasteiger partial charge in [-0.15, -0.1) is 0 Å². The molecule has 12 unspecified atom stereocenters. The van der Waals surface area contributed by atoms with Gasteiger partial charge in [0.05, 0.1) is 37.1 Å². The summed E-state index contributed by atoms with van der Waals surface area (Å²) in [5, 5.41) is 7.09. The van der Waals surface area contributed by atoms with Crippen LogP contribution in [0.2, 0.25) is 0 Å². The molecule has 0 bridgehead atoms. The Morgan fingerprint density at radius 1 is 1.02 bits per heavy atom. The van der Waals surface area contributed by atoms with Gasteiger partial charge in [-0.2, -0.15) is 0 Å². The number of hydrogen-bond donors (Lipinski definition) is 4. The molecule has 232 valence electrons. The van der Waals surface area contributed by atoms with E-state index in [2.05, 4.69) is 10.6 Å². The first-order valence-electron chi connectivity index (χ1n) is 16.2. The second-order valence-corrected chi connectivity index (χ2v) is 13.5. The van der Waals surface area contributed by atoms with Crippen molar-refractivity contribution >= 4 is 11.8 Å². The van der Waals surface area contributed by atoms with E-state index in [-0.39, 0.29) is 60.6 Å². The molecule has 2 amide bonds. The van der Waals surface area contributed by atoms with Crippen molar-refractivity contribution in [1.82, 2.24) is 15.5 Å². The highest BCUT2D eigenvalue weighted by Crippen LogP contribution is 2.34. The van der Waals surface area contributed by atoms with Gasteiger partial charge in [-0.25, -0.2) is 5.32 Å². The summed E-state index contributed by atoms with van der Waals surface area (Å²) in [5.41, 5.74) is 6.99. The zero-order chi connectivity index (χ0) is 28.5. The van der Waals surface area contributed by atoms with E-state index >= 15 is 0 Å². The molecular formula is C30H52N5O6+. The highest BCUT2D eigenvalue weighted by Gasteiger charge is 2.55. The van der Waals surface area contributed by atoms with E-state index in [1.54, 1.807) is 14.2 Å². The summed E-state index contributed by atoms with van der Waals surface area (Å²) in [5.74, 6) is 0.467. The van der Waals surface area contributed by atoms with Crippen LogP contribution >= 0.6 is 0 Å². The summed E-state index contributed by atoms with van der Waals surface area (Å²) in [6.07, 6.45) is 10.9. The maximum atomic E-state index is 13.8. The molecule has 41 heavy (non-hydrogen) atoms. The fourth-order valence-corrected chi connectivity index (χ4v) is 8.79. The molecule has 0 aromatic rings. The van der Waals surface area contributed by atoms with Gasteiger partial charge in [0.15, 0.2) is 12.3 Å². The Morgan fingerprint density at radius 3 is 2.66 bits per heavy atom. The van der Waals surface area contributed by atoms with E-state index in [4.69, 9.17) is 24.7 Å². The summed E-state index contributed by atoms with van der Waals surface area (Å²) in [7, 11) is 3.54. The maximum absolute atomic E-state index is 13.8. The van der Waals surface area contributed by atoms with Gasteiger partial charge in [0.1, 0.15) is 18.6 Å². The Kier molecular flexibility index (Phi) is 9.51. The molecule has 12 atom stereocenters. The normalized spacial score (nSPS) is 44.6. The zero-order valence-corrected chi connectivity index (χ0v) is 24.9. The fourth-order valence-electron chi connectivity index (χ4n) is 8.79. The number of piperidine rings is 2. The predicted octanol–water partition coefficient (Wildman–Crippen LogP) is -0.0619. The third kappa shape index (κ3) is 6.18. The number of hydrogen-bond acceptors (Lipinski definition) is 8. The van der Waals surface area contributed by atoms with Crippen LogP contribution in [0.3, 0.4) is 0 Å². The quantitative estimate of drug-likeness (QED) is 0.315. The minimum absolute atomic E-state index is 0.00668. The molecule has 6 fully saturated rings. The molecule has 11 heteroatoms. The second-order valence-electron chi connectivity index (χ2n) is 13.5. The van der Waals surface area contributed by atoms with Gasteiger partial charge in [0.2, 0.25) is 11.8 Å². The Balaban J connectivity index is 1.13. The van der Waals surface area contributed by atoms with Gasteiger partial charge < -0.3 is 34.1 Å². The third-order valence-electron chi connectivity index (χ3n) is 11.2. The average Bonchev–Trinajstić information content (AvgIpc) is 3.47. The highest BCUT2D eigenvalue weighted by atomic mass is 16.7. The lowest BCUT2D eigenvalue weighted by atomic mass is 9.79. The molecule has 0 aromatic carbocycles. The molecule has 4 aliphatic heterocycles. The highest BCUT2D eigenvalue weighted by molar-refractivity contribution is 5.83. The largest absolute Gasteiger partial charge is 0.379 e. The SMILES string of the molecule is COC1CCC(CC[NH+]2C(N)C(C(=O)NCC3CCC4OCOC4C3)CC3C(=O)N4CCCCC4NC32)CC1OC. The van der Waals surface area contributed by atoms with Crippen molar-refractivity contribution < 1.29 is 33.4 Å². The van der Waals surface area contributed by atoms with Crippen LogP contribution in [0.15, 0.2) is 0 Å². The van der Waals surface area contributed by atoms with E-state index in [0.717, 1.165) is 77.3 Å². The van der Waals surface area contributed by atoms with Crippen LogP contribution in [0.1, 0.15) is 70.6 Å². The molecule has 0 spiro atoms. The minimum atomic E-state index is -0.392. The molecule has 11 nitrogen and oxygen atoms in total. The third-order valence-corrected chi connectivity index (χ3v) is 11.2. The average molecular weight is 579 g/mol. The van der Waals surface area contributed by atoms with Gasteiger partial charge in [0, 0.05) is 27.3 Å². The van der Waals surface area contributed by atoms with Gasteiger partial charge in [-0.1, -0.05) is 0 Å². The van der Waals surface area contributed by atoms with Crippen molar-refractivity contribution in [1.29, 1.82) is 0 Å². The van der Waals surface area contributed by atoms with E-state index in [0.29, 0.717) is 31.6 Å². The van der Waals surface area contributed by atoms with Gasteiger partial charge in [-0.05, 0) is 82.5 Å². The number of quaternary nitrogens is 1. The number of carbonyl (C=O) groups excluding carboxylic acids is 2. The van der Waals surface area contributed by atoms with Gasteiger partial charge in [0.25, 0.3) is 0 Å². The number of rotatable bonds is 8. The van der Waals surface area contributed by atoms with Crippen LogP contribution in [0.25, 0.3) is 0 Å². The Labute approximate surface area is 244 Å². The van der Waals surface area contributed by atoms with Crippen molar-refractivity contribution in [3.05, 3.63) is 0 Å². The zero-order valence-electron chi connectivity index (χ0n) is 24.9. The molecule has 0 radical (unpaired) electrons. The fraction of sp³-hybridized carbons (Fsp3) is 0.933. The van der Waals surface area contributed by atoms with Crippen molar-refractivity contribution in [3.63, 3.8) is 0 Å². The Morgan fingerprint density at radius 2 is 1.83 bits per heavy atom. The van der Waals surface area contributed by atoms with Crippen LogP contribution in [0, 0.1) is 23.7 Å². The summed E-state index contributed by atoms with van der Waals surface area (Å²) < 4.78 is 22.8. The van der Waals surface area contributed by atoms with Crippen LogP contribution in [0.4, 0.5) is 0 Å². The summed E-state index contributed by atoms with van der Waals surface area (Å²) in [6, 6.07) is 0. The number of nitrogens with one attached hydrogen (secondary N) is 3. The van der Waals surface area contributed by atoms with Gasteiger partial charge >= 0.3 is 0 Å². The van der Waals surface area contributed by atoms with Crippen molar-refractivity contribution in [2.45, 2.75) is 114 Å². The topological polar surface area (TPSA) is 129 Å². The number of carbonyl (C=O) groups is 2. The molecule has 4 saturated heterocycles. The van der Waals surface area contributed by atoms with Crippen molar-refractivity contribution in [3.8, 4) is 0 Å². The first-order valence-corrected chi connectivity index (χ1v) is 16.2. The summed E-state index contributed by atoms with van der Waals surface area (Å²) >= 11 is 0. The predicted molar refractivity (Wildman–Crippen MR) is 150 cm³/mol. The molecule has 2 saturated carbocycles. The molecule has 6 rings (SSSR count). The van der Waals surface area contributed by atoms with E-state index in [1.165, 1.54) is 4.90 Å². The van der Waals surface area contributed by atoms with Gasteiger partial charge in [-0.3, -0.25) is 15.3 Å². The molecule has 6 aliphatic rings. The van der Waals surface area contributed by atoms with E-state index in [1.807, 2.05) is 4.90 Å². The number of amides is 2. The van der Waals surface area contributed by atoms with Crippen LogP contribution in [-0.2, 0) is 28.5 Å². The number of fused-ring (bicyclic) bond motifs is 3. The molecule has 4 heterocycles. The lowest BCUT2D eigenvalue weighted by Crippen LogP contribution is -3.26. The number of nitrogens with zero attached hydrogens (tertiary/aromatic N) is 1. The first-order chi connectivity index (χ1) is 20.0. The van der Waals surface area contributed by atoms with E-state index in [9.17, 15) is 9.59 Å². The smallest absolute Gasteiger partial charge is 0.234 e. The molecule has 5 N–H and O–H groups in total. The van der Waals surface area contributed by atoms with Crippen molar-refractivity contribution in [2.75, 3.05) is 40.6 Å². The number of nitrogens with two attached hydrogens (primary N) is 1. The standard InChI is InChI=1S/C30H51N5O6/c1-38-22-8-6-18(13-24(22)39-2)10-12-35-27(31)20(15-21-28(35)33-26-5-3-4-11-34(26)30(21)37)29(36)32-16-19-7-9-23-25(14-19)41-17-40-23/h18-28,33H,3-17,31H2,1-2H3,(H,32,36)/p+1. The minimum Gasteiger partial charge on any atom is -0.379 e. The lowest BCUT2D eigenvalue weighted by Gasteiger charge is -2.53. The maximum Gasteiger partial charge on any atom is 0.234 e. The van der Waals surface area contributed by atoms with E-state index < -0.39 is 5.92 Å². The molecule has 0 aromatic heterocycles. The Hall–Kier alpha value is -1.34. The molecular weight excluding hydrogens is 526 g/mol. The van der Waals surface area contributed by atoms with Crippen LogP contribution < -0.4 is 21.3 Å². The summed E-state index contributed by atoms with van der Waals surface area (Å²) in [6.45, 7) is 2.64. The Bertz CT molecular complexity index is 926. The number of likely N-dealkylation sites (tertiary alicyclic amines) is 1. The molecule has 2 aliphatic carbocycles. The van der Waals surface area contributed by atoms with Crippen LogP contribution in [0.5, 0.6) is 0 Å². The number of methoxy groups -OCH3 is 2. The first kappa shape index (κ1) is 29.7. The number of ether oxygens (including phenoxy) is 4.